The highest BCUT2D eigenvalue weighted by molar-refractivity contribution is 5.19. The Morgan fingerprint density at radius 3 is 2.80 bits per heavy atom. The van der Waals surface area contributed by atoms with Gasteiger partial charge < -0.3 is 5.11 Å². The van der Waals surface area contributed by atoms with Gasteiger partial charge in [-0.3, -0.25) is 0 Å². The van der Waals surface area contributed by atoms with E-state index in [9.17, 15) is 9.50 Å². The third-order valence-electron chi connectivity index (χ3n) is 3.37. The Hall–Kier alpha value is -0.890. The van der Waals surface area contributed by atoms with Crippen molar-refractivity contribution in [3.05, 3.63) is 35.6 Å². The quantitative estimate of drug-likeness (QED) is 0.790. The monoisotopic (exact) mass is 208 g/mol. The number of hydrogen-bond acceptors (Lipinski definition) is 1. The Kier molecular flexibility index (Phi) is 3.06. The van der Waals surface area contributed by atoms with Crippen molar-refractivity contribution in [3.63, 3.8) is 0 Å². The van der Waals surface area contributed by atoms with Crippen molar-refractivity contribution in [2.45, 2.75) is 32.3 Å². The van der Waals surface area contributed by atoms with Crippen LogP contribution in [0.25, 0.3) is 0 Å². The second kappa shape index (κ2) is 4.31. The number of aliphatic hydroxyl groups excluding tert-OH is 1. The highest BCUT2D eigenvalue weighted by Crippen LogP contribution is 2.38. The van der Waals surface area contributed by atoms with Crippen LogP contribution in [0.2, 0.25) is 0 Å². The maximum atomic E-state index is 13.0. The fourth-order valence-electron chi connectivity index (χ4n) is 2.50. The molecular weight excluding hydrogens is 191 g/mol. The second-order valence-electron chi connectivity index (χ2n) is 4.68. The molecule has 1 aliphatic carbocycles. The maximum absolute atomic E-state index is 13.0. The molecule has 0 heterocycles. The highest BCUT2D eigenvalue weighted by atomic mass is 19.1. The Morgan fingerprint density at radius 2 is 2.20 bits per heavy atom. The SMILES string of the molecule is CC1CCC(C(O)c2cccc(F)c2)C1. The molecule has 0 aromatic heterocycles. The molecule has 1 aliphatic rings. The molecule has 82 valence electrons. The van der Waals surface area contributed by atoms with Crippen LogP contribution in [0.3, 0.4) is 0 Å². The zero-order valence-corrected chi connectivity index (χ0v) is 8.99. The third-order valence-corrected chi connectivity index (χ3v) is 3.37. The molecule has 2 rings (SSSR count). The van der Waals surface area contributed by atoms with E-state index in [1.54, 1.807) is 12.1 Å². The van der Waals surface area contributed by atoms with Crippen LogP contribution in [0, 0.1) is 17.7 Å². The number of benzene rings is 1. The molecular formula is C13H17FO. The van der Waals surface area contributed by atoms with Gasteiger partial charge in [-0.15, -0.1) is 0 Å². The minimum atomic E-state index is -0.495. The lowest BCUT2D eigenvalue weighted by Gasteiger charge is -2.18. The van der Waals surface area contributed by atoms with Crippen LogP contribution in [0.1, 0.15) is 37.9 Å². The Bertz CT molecular complexity index is 337. The van der Waals surface area contributed by atoms with Gasteiger partial charge in [0.05, 0.1) is 6.10 Å². The predicted molar refractivity (Wildman–Crippen MR) is 57.9 cm³/mol. The molecule has 1 N–H and O–H groups in total. The molecule has 15 heavy (non-hydrogen) atoms. The third kappa shape index (κ3) is 2.37. The van der Waals surface area contributed by atoms with Crippen LogP contribution < -0.4 is 0 Å². The zero-order valence-electron chi connectivity index (χ0n) is 8.99. The first-order valence-corrected chi connectivity index (χ1v) is 5.60. The predicted octanol–water partition coefficient (Wildman–Crippen LogP) is 3.30. The molecule has 3 atom stereocenters. The maximum Gasteiger partial charge on any atom is 0.123 e. The first-order chi connectivity index (χ1) is 7.16. The van der Waals surface area contributed by atoms with Crippen molar-refractivity contribution in [1.29, 1.82) is 0 Å². The van der Waals surface area contributed by atoms with Crippen molar-refractivity contribution >= 4 is 0 Å². The van der Waals surface area contributed by atoms with E-state index in [4.69, 9.17) is 0 Å². The topological polar surface area (TPSA) is 20.2 Å². The lowest BCUT2D eigenvalue weighted by Crippen LogP contribution is -2.09. The molecule has 1 aromatic rings. The summed E-state index contributed by atoms with van der Waals surface area (Å²) in [5, 5.41) is 10.1. The van der Waals surface area contributed by atoms with Crippen molar-refractivity contribution < 1.29 is 9.50 Å². The fraction of sp³-hybridized carbons (Fsp3) is 0.538. The lowest BCUT2D eigenvalue weighted by molar-refractivity contribution is 0.109. The summed E-state index contributed by atoms with van der Waals surface area (Å²) in [7, 11) is 0. The van der Waals surface area contributed by atoms with Crippen molar-refractivity contribution in [1.82, 2.24) is 0 Å². The van der Waals surface area contributed by atoms with Crippen LogP contribution >= 0.6 is 0 Å². The summed E-state index contributed by atoms with van der Waals surface area (Å²) in [6, 6.07) is 6.31. The summed E-state index contributed by atoms with van der Waals surface area (Å²) >= 11 is 0. The van der Waals surface area contributed by atoms with E-state index in [0.29, 0.717) is 17.4 Å². The molecule has 0 saturated heterocycles. The van der Waals surface area contributed by atoms with E-state index in [-0.39, 0.29) is 5.82 Å². The van der Waals surface area contributed by atoms with Crippen LogP contribution in [-0.2, 0) is 0 Å². The number of hydrogen-bond donors (Lipinski definition) is 1. The fourth-order valence-corrected chi connectivity index (χ4v) is 2.50. The first kappa shape index (κ1) is 10.6. The largest absolute Gasteiger partial charge is 0.388 e. The summed E-state index contributed by atoms with van der Waals surface area (Å²) in [6.07, 6.45) is 2.79. The van der Waals surface area contributed by atoms with Crippen LogP contribution in [0.15, 0.2) is 24.3 Å². The molecule has 0 amide bonds. The van der Waals surface area contributed by atoms with Gasteiger partial charge in [-0.1, -0.05) is 25.5 Å². The molecule has 0 aliphatic heterocycles. The second-order valence-corrected chi connectivity index (χ2v) is 4.68. The number of halogens is 1. The molecule has 1 aromatic carbocycles. The van der Waals surface area contributed by atoms with Crippen LogP contribution in [-0.4, -0.2) is 5.11 Å². The van der Waals surface area contributed by atoms with E-state index in [1.165, 1.54) is 18.6 Å². The average Bonchev–Trinajstić information content (AvgIpc) is 2.64. The Labute approximate surface area is 89.9 Å². The van der Waals surface area contributed by atoms with Crippen molar-refractivity contribution in [3.8, 4) is 0 Å². The molecule has 0 spiro atoms. The molecule has 3 unspecified atom stereocenters. The van der Waals surface area contributed by atoms with Gasteiger partial charge in [0.1, 0.15) is 5.82 Å². The average molecular weight is 208 g/mol. The van der Waals surface area contributed by atoms with Gasteiger partial charge in [0, 0.05) is 0 Å². The zero-order chi connectivity index (χ0) is 10.8. The van der Waals surface area contributed by atoms with E-state index < -0.39 is 6.10 Å². The van der Waals surface area contributed by atoms with Gasteiger partial charge in [0.25, 0.3) is 0 Å². The van der Waals surface area contributed by atoms with E-state index in [0.717, 1.165) is 12.8 Å². The van der Waals surface area contributed by atoms with Gasteiger partial charge in [-0.25, -0.2) is 4.39 Å². The summed E-state index contributed by atoms with van der Waals surface area (Å²) in [4.78, 5) is 0. The van der Waals surface area contributed by atoms with Gasteiger partial charge in [0.15, 0.2) is 0 Å². The van der Waals surface area contributed by atoms with Gasteiger partial charge >= 0.3 is 0 Å². The van der Waals surface area contributed by atoms with Crippen molar-refractivity contribution in [2.24, 2.45) is 11.8 Å². The summed E-state index contributed by atoms with van der Waals surface area (Å²) < 4.78 is 13.0. The number of aliphatic hydroxyl groups is 1. The van der Waals surface area contributed by atoms with Crippen molar-refractivity contribution in [2.75, 3.05) is 0 Å². The van der Waals surface area contributed by atoms with E-state index in [2.05, 4.69) is 6.92 Å². The van der Waals surface area contributed by atoms with Gasteiger partial charge in [-0.05, 0) is 42.4 Å². The van der Waals surface area contributed by atoms with E-state index in [1.807, 2.05) is 0 Å². The highest BCUT2D eigenvalue weighted by Gasteiger charge is 2.28. The van der Waals surface area contributed by atoms with Gasteiger partial charge in [0.2, 0.25) is 0 Å². The summed E-state index contributed by atoms with van der Waals surface area (Å²) in [5.41, 5.74) is 0.717. The minimum absolute atomic E-state index is 0.266. The van der Waals surface area contributed by atoms with Gasteiger partial charge in [-0.2, -0.15) is 0 Å². The van der Waals surface area contributed by atoms with Crippen LogP contribution in [0.5, 0.6) is 0 Å². The summed E-state index contributed by atoms with van der Waals surface area (Å²) in [5.74, 6) is 0.734. The first-order valence-electron chi connectivity index (χ1n) is 5.60. The molecule has 0 radical (unpaired) electrons. The molecule has 1 saturated carbocycles. The standard InChI is InChI=1S/C13H17FO/c1-9-5-6-11(7-9)13(15)10-3-2-4-12(14)8-10/h2-4,8-9,11,13,15H,5-7H2,1H3. The Morgan fingerprint density at radius 1 is 1.40 bits per heavy atom. The molecule has 1 fully saturated rings. The lowest BCUT2D eigenvalue weighted by atomic mass is 9.93. The van der Waals surface area contributed by atoms with Crippen LogP contribution in [0.4, 0.5) is 4.39 Å². The smallest absolute Gasteiger partial charge is 0.123 e. The summed E-state index contributed by atoms with van der Waals surface area (Å²) in [6.45, 7) is 2.21. The normalized spacial score (nSPS) is 27.9. The molecule has 2 heteroatoms. The molecule has 0 bridgehead atoms. The minimum Gasteiger partial charge on any atom is -0.388 e. The molecule has 1 nitrogen and oxygen atoms in total. The number of rotatable bonds is 2. The Balaban J connectivity index is 2.10. The van der Waals surface area contributed by atoms with E-state index >= 15 is 0 Å².